The van der Waals surface area contributed by atoms with Gasteiger partial charge in [0.1, 0.15) is 6.61 Å². The van der Waals surface area contributed by atoms with Crippen LogP contribution in [-0.4, -0.2) is 23.1 Å². The van der Waals surface area contributed by atoms with E-state index in [0.29, 0.717) is 11.7 Å². The predicted octanol–water partition coefficient (Wildman–Crippen LogP) is 2.33. The number of esters is 1. The smallest absolute Gasteiger partial charge is 0.456 e. The second-order valence-electron chi connectivity index (χ2n) is 5.30. The summed E-state index contributed by atoms with van der Waals surface area (Å²) in [7, 11) is -1.10. The van der Waals surface area contributed by atoms with Crippen LogP contribution in [0.1, 0.15) is 27.2 Å². The topological polar surface area (TPSA) is 68.7 Å². The van der Waals surface area contributed by atoms with Crippen LogP contribution in [0.3, 0.4) is 0 Å². The molecule has 0 unspecified atom stereocenters. The highest BCUT2D eigenvalue weighted by Crippen LogP contribution is 2.31. The molecule has 0 atom stereocenters. The van der Waals surface area contributed by atoms with Crippen molar-refractivity contribution in [3.8, 4) is 0 Å². The van der Waals surface area contributed by atoms with E-state index in [2.05, 4.69) is 4.98 Å². The van der Waals surface area contributed by atoms with E-state index in [0.717, 1.165) is 11.6 Å². The summed E-state index contributed by atoms with van der Waals surface area (Å²) < 4.78 is 47.7. The third kappa shape index (κ3) is 3.78. The molecule has 0 radical (unpaired) electrons. The van der Waals surface area contributed by atoms with Crippen molar-refractivity contribution in [2.24, 2.45) is 0 Å². The minimum absolute atomic E-state index is 0.00699. The summed E-state index contributed by atoms with van der Waals surface area (Å²) in [4.78, 5) is 15.7. The molecule has 2 heterocycles. The number of halogens is 4. The van der Waals surface area contributed by atoms with Crippen LogP contribution in [0.2, 0.25) is 5.02 Å². The summed E-state index contributed by atoms with van der Waals surface area (Å²) in [6, 6.07) is 5.30. The summed E-state index contributed by atoms with van der Waals surface area (Å²) in [5.74, 6) is -0.723. The summed E-state index contributed by atoms with van der Waals surface area (Å²) in [5.41, 5.74) is 0.427. The number of hydrogen-bond donors (Lipinski definition) is 1. The summed E-state index contributed by atoms with van der Waals surface area (Å²) in [6.07, 6.45) is -3.93. The molecule has 5 nitrogen and oxygen atoms in total. The lowest BCUT2D eigenvalue weighted by Crippen LogP contribution is -2.28. The Labute approximate surface area is 145 Å². The number of nitrogens with zero attached hydrogens (tertiary/aromatic N) is 1. The third-order valence-corrected chi connectivity index (χ3v) is 3.96. The average molecular weight is 372 g/mol. The standard InChI is InChI=1S/C15H10BClF3NO4/c17-12-4-10(15(18,19)20)5-21-13(12)7-24-14(22)8-1-2-9-6-25-16(23)11(9)3-8/h1-5,23H,6-7H2. The molecule has 0 saturated carbocycles. The van der Waals surface area contributed by atoms with Gasteiger partial charge in [-0.15, -0.1) is 0 Å². The van der Waals surface area contributed by atoms with Crippen LogP contribution in [0.4, 0.5) is 13.2 Å². The van der Waals surface area contributed by atoms with Gasteiger partial charge in [0.25, 0.3) is 0 Å². The minimum Gasteiger partial charge on any atom is -0.456 e. The van der Waals surface area contributed by atoms with Crippen LogP contribution in [0.15, 0.2) is 30.5 Å². The van der Waals surface area contributed by atoms with Crippen molar-refractivity contribution >= 4 is 30.2 Å². The Kier molecular flexibility index (Phi) is 4.72. The van der Waals surface area contributed by atoms with Gasteiger partial charge in [0.15, 0.2) is 0 Å². The molecule has 10 heteroatoms. The molecular formula is C15H10BClF3NO4. The number of fused-ring (bicyclic) bond motifs is 1. The molecule has 0 amide bonds. The Morgan fingerprint density at radius 3 is 2.84 bits per heavy atom. The van der Waals surface area contributed by atoms with Crippen molar-refractivity contribution in [1.29, 1.82) is 0 Å². The molecule has 1 aliphatic heterocycles. The molecule has 3 rings (SSSR count). The molecule has 0 bridgehead atoms. The molecule has 1 aliphatic rings. The maximum Gasteiger partial charge on any atom is 0.491 e. The zero-order valence-corrected chi connectivity index (χ0v) is 13.3. The van der Waals surface area contributed by atoms with Gasteiger partial charge < -0.3 is 14.4 Å². The molecule has 0 spiro atoms. The highest BCUT2D eigenvalue weighted by atomic mass is 35.5. The maximum absolute atomic E-state index is 12.6. The van der Waals surface area contributed by atoms with Gasteiger partial charge in [-0.05, 0) is 29.2 Å². The van der Waals surface area contributed by atoms with Crippen molar-refractivity contribution in [3.05, 3.63) is 57.9 Å². The first-order chi connectivity index (χ1) is 11.8. The SMILES string of the molecule is O=C(OCc1ncc(C(F)(F)F)cc1Cl)c1ccc2c(c1)B(O)OC2. The fraction of sp³-hybridized carbons (Fsp3) is 0.200. The molecule has 0 saturated heterocycles. The normalized spacial score (nSPS) is 13.7. The molecular weight excluding hydrogens is 361 g/mol. The molecule has 1 N–H and O–H groups in total. The summed E-state index contributed by atoms with van der Waals surface area (Å²) in [6.45, 7) is -0.136. The first kappa shape index (κ1) is 17.7. The van der Waals surface area contributed by atoms with Gasteiger partial charge in [0, 0.05) is 6.20 Å². The van der Waals surface area contributed by atoms with E-state index in [9.17, 15) is 23.0 Å². The van der Waals surface area contributed by atoms with Crippen LogP contribution < -0.4 is 5.46 Å². The average Bonchev–Trinajstić information content (AvgIpc) is 2.93. The van der Waals surface area contributed by atoms with Gasteiger partial charge in [-0.2, -0.15) is 13.2 Å². The first-order valence-corrected chi connectivity index (χ1v) is 7.45. The number of rotatable bonds is 3. The maximum atomic E-state index is 12.6. The van der Waals surface area contributed by atoms with Gasteiger partial charge in [-0.3, -0.25) is 4.98 Å². The Bertz CT molecular complexity index is 831. The van der Waals surface area contributed by atoms with E-state index in [1.165, 1.54) is 12.1 Å². The molecule has 130 valence electrons. The van der Waals surface area contributed by atoms with Gasteiger partial charge in [0.2, 0.25) is 0 Å². The van der Waals surface area contributed by atoms with E-state index >= 15 is 0 Å². The third-order valence-electron chi connectivity index (χ3n) is 3.63. The van der Waals surface area contributed by atoms with Crippen molar-refractivity contribution < 1.29 is 32.4 Å². The number of ether oxygens (including phenoxy) is 1. The van der Waals surface area contributed by atoms with Crippen LogP contribution in [-0.2, 0) is 28.8 Å². The predicted molar refractivity (Wildman–Crippen MR) is 82.2 cm³/mol. The van der Waals surface area contributed by atoms with Gasteiger partial charge in [-0.25, -0.2) is 4.79 Å². The Balaban J connectivity index is 1.70. The first-order valence-electron chi connectivity index (χ1n) is 7.07. The Hall–Kier alpha value is -2.10. The Morgan fingerprint density at radius 2 is 2.16 bits per heavy atom. The Morgan fingerprint density at radius 1 is 1.40 bits per heavy atom. The number of carbonyl (C=O) groups is 1. The summed E-state index contributed by atoms with van der Waals surface area (Å²) in [5, 5.41) is 9.38. The van der Waals surface area contributed by atoms with Crippen molar-refractivity contribution in [1.82, 2.24) is 4.98 Å². The van der Waals surface area contributed by atoms with E-state index in [1.54, 1.807) is 6.07 Å². The van der Waals surface area contributed by atoms with Crippen molar-refractivity contribution in [3.63, 3.8) is 0 Å². The lowest BCUT2D eigenvalue weighted by Gasteiger charge is -2.10. The fourth-order valence-corrected chi connectivity index (χ4v) is 2.51. The molecule has 1 aromatic carbocycles. The highest BCUT2D eigenvalue weighted by Gasteiger charge is 2.32. The van der Waals surface area contributed by atoms with Crippen LogP contribution in [0.25, 0.3) is 0 Å². The van der Waals surface area contributed by atoms with Gasteiger partial charge >= 0.3 is 19.3 Å². The largest absolute Gasteiger partial charge is 0.491 e. The van der Waals surface area contributed by atoms with Gasteiger partial charge in [-0.1, -0.05) is 17.7 Å². The number of hydrogen-bond acceptors (Lipinski definition) is 5. The molecule has 0 aliphatic carbocycles. The molecule has 1 aromatic heterocycles. The number of benzene rings is 1. The highest BCUT2D eigenvalue weighted by molar-refractivity contribution is 6.61. The monoisotopic (exact) mass is 371 g/mol. The zero-order valence-electron chi connectivity index (χ0n) is 12.5. The van der Waals surface area contributed by atoms with Crippen LogP contribution in [0, 0.1) is 0 Å². The zero-order chi connectivity index (χ0) is 18.2. The second kappa shape index (κ2) is 6.66. The molecule has 2 aromatic rings. The molecule has 0 fully saturated rings. The number of carbonyl (C=O) groups excluding carboxylic acids is 1. The van der Waals surface area contributed by atoms with Gasteiger partial charge in [0.05, 0.1) is 28.5 Å². The number of alkyl halides is 3. The van der Waals surface area contributed by atoms with Crippen LogP contribution in [0.5, 0.6) is 0 Å². The number of aromatic nitrogens is 1. The quantitative estimate of drug-likeness (QED) is 0.662. The van der Waals surface area contributed by atoms with E-state index in [1.807, 2.05) is 0 Å². The number of pyridine rings is 1. The lowest BCUT2D eigenvalue weighted by molar-refractivity contribution is -0.137. The minimum atomic E-state index is -4.56. The van der Waals surface area contributed by atoms with E-state index < -0.39 is 24.8 Å². The van der Waals surface area contributed by atoms with Crippen molar-refractivity contribution in [2.75, 3.05) is 0 Å². The molecule has 25 heavy (non-hydrogen) atoms. The second-order valence-corrected chi connectivity index (χ2v) is 5.71. The van der Waals surface area contributed by atoms with Crippen LogP contribution >= 0.6 is 11.6 Å². The van der Waals surface area contributed by atoms with Crippen molar-refractivity contribution in [2.45, 2.75) is 19.4 Å². The van der Waals surface area contributed by atoms with E-state index in [-0.39, 0.29) is 29.5 Å². The lowest BCUT2D eigenvalue weighted by atomic mass is 9.79. The van der Waals surface area contributed by atoms with E-state index in [4.69, 9.17) is 21.0 Å². The summed E-state index contributed by atoms with van der Waals surface area (Å²) >= 11 is 5.76. The fourth-order valence-electron chi connectivity index (χ4n) is 2.29.